The molecule has 2 aromatic carbocycles. The largest absolute Gasteiger partial charge is 0.491 e. The second-order valence-corrected chi connectivity index (χ2v) is 7.11. The molecule has 0 aliphatic heterocycles. The van der Waals surface area contributed by atoms with Gasteiger partial charge in [0.05, 0.1) is 12.4 Å². The van der Waals surface area contributed by atoms with Gasteiger partial charge in [-0.15, -0.1) is 0 Å². The van der Waals surface area contributed by atoms with Gasteiger partial charge in [-0.05, 0) is 62.1 Å². The quantitative estimate of drug-likeness (QED) is 0.572. The molecule has 1 aromatic heterocycles. The number of carbonyl (C=O) groups excluding carboxylic acids is 1. The second-order valence-electron chi connectivity index (χ2n) is 7.11. The lowest BCUT2D eigenvalue weighted by molar-refractivity contribution is 0.0953. The third-order valence-electron chi connectivity index (χ3n) is 4.34. The molecule has 0 unspecified atom stereocenters. The first kappa shape index (κ1) is 19.7. The maximum atomic E-state index is 12.3. The normalized spacial score (nSPS) is 10.8. The van der Waals surface area contributed by atoms with Crippen LogP contribution in [-0.4, -0.2) is 28.1 Å². The van der Waals surface area contributed by atoms with Crippen LogP contribution in [0.1, 0.15) is 41.8 Å². The van der Waals surface area contributed by atoms with Crippen LogP contribution in [0.25, 0.3) is 0 Å². The van der Waals surface area contributed by atoms with Crippen molar-refractivity contribution < 1.29 is 9.53 Å². The molecule has 0 radical (unpaired) electrons. The minimum absolute atomic E-state index is 0.0360. The number of ether oxygens (including phenoxy) is 1. The Labute approximate surface area is 166 Å². The molecule has 5 nitrogen and oxygen atoms in total. The van der Waals surface area contributed by atoms with Crippen LogP contribution >= 0.6 is 0 Å². The van der Waals surface area contributed by atoms with E-state index >= 15 is 0 Å². The van der Waals surface area contributed by atoms with E-state index in [1.54, 1.807) is 12.5 Å². The fourth-order valence-corrected chi connectivity index (χ4v) is 3.00. The summed E-state index contributed by atoms with van der Waals surface area (Å²) < 4.78 is 7.72. The van der Waals surface area contributed by atoms with Gasteiger partial charge >= 0.3 is 0 Å². The Morgan fingerprint density at radius 3 is 2.68 bits per heavy atom. The molecule has 3 rings (SSSR count). The standard InChI is InChI=1S/C23H27N3O2/c1-18(2)28-22-7-3-5-19(15-22)6-4-12-25-23(27)21-10-8-20(9-11-21)16-26-14-13-24-17-26/h3,5,7-11,13-15,17-18H,4,6,12,16H2,1-2H3,(H,25,27). The molecule has 0 atom stereocenters. The average molecular weight is 377 g/mol. The highest BCUT2D eigenvalue weighted by Gasteiger charge is 2.05. The summed E-state index contributed by atoms with van der Waals surface area (Å²) >= 11 is 0. The maximum Gasteiger partial charge on any atom is 0.251 e. The highest BCUT2D eigenvalue weighted by molar-refractivity contribution is 5.94. The molecule has 0 spiro atoms. The summed E-state index contributed by atoms with van der Waals surface area (Å²) in [4.78, 5) is 16.4. The van der Waals surface area contributed by atoms with Gasteiger partial charge in [-0.2, -0.15) is 0 Å². The van der Waals surface area contributed by atoms with E-state index in [4.69, 9.17) is 4.74 Å². The summed E-state index contributed by atoms with van der Waals surface area (Å²) in [5.41, 5.74) is 3.04. The lowest BCUT2D eigenvalue weighted by Gasteiger charge is -2.11. The van der Waals surface area contributed by atoms with Gasteiger partial charge in [0.25, 0.3) is 5.91 Å². The van der Waals surface area contributed by atoms with Gasteiger partial charge in [0.1, 0.15) is 5.75 Å². The monoisotopic (exact) mass is 377 g/mol. The predicted octanol–water partition coefficient (Wildman–Crippen LogP) is 4.08. The number of hydrogen-bond acceptors (Lipinski definition) is 3. The number of aryl methyl sites for hydroxylation is 1. The first-order valence-corrected chi connectivity index (χ1v) is 9.68. The summed E-state index contributed by atoms with van der Waals surface area (Å²) in [5.74, 6) is 0.860. The van der Waals surface area contributed by atoms with E-state index < -0.39 is 0 Å². The highest BCUT2D eigenvalue weighted by atomic mass is 16.5. The van der Waals surface area contributed by atoms with Gasteiger partial charge in [-0.25, -0.2) is 4.98 Å². The number of carbonyl (C=O) groups is 1. The molecule has 0 aliphatic rings. The van der Waals surface area contributed by atoms with E-state index in [2.05, 4.69) is 22.4 Å². The molecular formula is C23H27N3O2. The van der Waals surface area contributed by atoms with Crippen LogP contribution in [0, 0.1) is 0 Å². The van der Waals surface area contributed by atoms with Crippen LogP contribution in [0.4, 0.5) is 0 Å². The van der Waals surface area contributed by atoms with Gasteiger partial charge in [0.15, 0.2) is 0 Å². The number of benzene rings is 2. The predicted molar refractivity (Wildman–Crippen MR) is 111 cm³/mol. The first-order valence-electron chi connectivity index (χ1n) is 9.68. The summed E-state index contributed by atoms with van der Waals surface area (Å²) in [6.07, 6.45) is 7.42. The minimum Gasteiger partial charge on any atom is -0.491 e. The molecule has 3 aromatic rings. The zero-order valence-corrected chi connectivity index (χ0v) is 16.5. The van der Waals surface area contributed by atoms with Crippen LogP contribution in [0.2, 0.25) is 0 Å². The summed E-state index contributed by atoms with van der Waals surface area (Å²) in [5, 5.41) is 3.00. The highest BCUT2D eigenvalue weighted by Crippen LogP contribution is 2.16. The SMILES string of the molecule is CC(C)Oc1cccc(CCCNC(=O)c2ccc(Cn3ccnc3)cc2)c1. The molecule has 0 aliphatic carbocycles. The molecule has 0 fully saturated rings. The van der Waals surface area contributed by atoms with E-state index in [9.17, 15) is 4.79 Å². The van der Waals surface area contributed by atoms with Crippen molar-refractivity contribution in [2.75, 3.05) is 6.54 Å². The number of rotatable bonds is 9. The van der Waals surface area contributed by atoms with E-state index in [0.29, 0.717) is 12.1 Å². The number of hydrogen-bond donors (Lipinski definition) is 1. The second kappa shape index (κ2) is 9.74. The van der Waals surface area contributed by atoms with Gasteiger partial charge in [-0.3, -0.25) is 4.79 Å². The zero-order chi connectivity index (χ0) is 19.8. The molecule has 0 saturated heterocycles. The molecule has 1 amide bonds. The van der Waals surface area contributed by atoms with Gasteiger partial charge < -0.3 is 14.6 Å². The molecule has 28 heavy (non-hydrogen) atoms. The summed E-state index contributed by atoms with van der Waals surface area (Å²) in [7, 11) is 0. The summed E-state index contributed by atoms with van der Waals surface area (Å²) in [6.45, 7) is 5.44. The van der Waals surface area contributed by atoms with Gasteiger partial charge in [0, 0.05) is 31.0 Å². The number of nitrogens with zero attached hydrogens (tertiary/aromatic N) is 2. The smallest absolute Gasteiger partial charge is 0.251 e. The fraction of sp³-hybridized carbons (Fsp3) is 0.304. The lowest BCUT2D eigenvalue weighted by Crippen LogP contribution is -2.24. The van der Waals surface area contributed by atoms with Crippen LogP contribution in [0.15, 0.2) is 67.3 Å². The molecule has 146 valence electrons. The topological polar surface area (TPSA) is 56.1 Å². The minimum atomic E-state index is -0.0360. The molecule has 5 heteroatoms. The molecule has 0 bridgehead atoms. The Morgan fingerprint density at radius 2 is 1.96 bits per heavy atom. The van der Waals surface area contributed by atoms with Crippen LogP contribution in [0.3, 0.4) is 0 Å². The van der Waals surface area contributed by atoms with Crippen molar-refractivity contribution in [1.82, 2.24) is 14.9 Å². The number of aromatic nitrogens is 2. The Morgan fingerprint density at radius 1 is 1.14 bits per heavy atom. The van der Waals surface area contributed by atoms with Crippen LogP contribution in [-0.2, 0) is 13.0 Å². The summed E-state index contributed by atoms with van der Waals surface area (Å²) in [6, 6.07) is 15.8. The Balaban J connectivity index is 1.43. The Kier molecular flexibility index (Phi) is 6.84. The third-order valence-corrected chi connectivity index (χ3v) is 4.34. The molecule has 1 N–H and O–H groups in total. The average Bonchev–Trinajstić information content (AvgIpc) is 3.18. The van der Waals surface area contributed by atoms with E-state index in [1.165, 1.54) is 5.56 Å². The van der Waals surface area contributed by atoms with E-state index in [-0.39, 0.29) is 12.0 Å². The van der Waals surface area contributed by atoms with Crippen molar-refractivity contribution in [2.24, 2.45) is 0 Å². The van der Waals surface area contributed by atoms with Crippen LogP contribution < -0.4 is 10.1 Å². The number of nitrogens with one attached hydrogen (secondary N) is 1. The maximum absolute atomic E-state index is 12.3. The number of amides is 1. The van der Waals surface area contributed by atoms with Crippen molar-refractivity contribution in [2.45, 2.75) is 39.3 Å². The fourth-order valence-electron chi connectivity index (χ4n) is 3.00. The third kappa shape index (κ3) is 5.98. The molecular weight excluding hydrogens is 350 g/mol. The Hall–Kier alpha value is -3.08. The van der Waals surface area contributed by atoms with E-state index in [1.807, 2.05) is 61.0 Å². The van der Waals surface area contributed by atoms with Crippen LogP contribution in [0.5, 0.6) is 5.75 Å². The van der Waals surface area contributed by atoms with Crippen molar-refractivity contribution in [1.29, 1.82) is 0 Å². The Bertz CT molecular complexity index is 871. The van der Waals surface area contributed by atoms with Crippen molar-refractivity contribution in [3.63, 3.8) is 0 Å². The zero-order valence-electron chi connectivity index (χ0n) is 16.5. The van der Waals surface area contributed by atoms with Gasteiger partial charge in [0.2, 0.25) is 0 Å². The molecule has 0 saturated carbocycles. The number of imidazole rings is 1. The van der Waals surface area contributed by atoms with Crippen molar-refractivity contribution in [3.05, 3.63) is 83.9 Å². The van der Waals surface area contributed by atoms with E-state index in [0.717, 1.165) is 30.7 Å². The molecule has 1 heterocycles. The lowest BCUT2D eigenvalue weighted by atomic mass is 10.1. The van der Waals surface area contributed by atoms with Crippen molar-refractivity contribution >= 4 is 5.91 Å². The van der Waals surface area contributed by atoms with Gasteiger partial charge in [-0.1, -0.05) is 24.3 Å². The van der Waals surface area contributed by atoms with Crippen molar-refractivity contribution in [3.8, 4) is 5.75 Å². The first-order chi connectivity index (χ1) is 13.6.